The molecule has 2 N–H and O–H groups in total. The lowest BCUT2D eigenvalue weighted by molar-refractivity contribution is -0.123. The van der Waals surface area contributed by atoms with E-state index in [0.717, 1.165) is 12.8 Å². The van der Waals surface area contributed by atoms with Crippen LogP contribution < -0.4 is 19.5 Å². The van der Waals surface area contributed by atoms with E-state index >= 15 is 0 Å². The topological polar surface area (TPSA) is 93.7 Å². The molecule has 31 heavy (non-hydrogen) atoms. The van der Waals surface area contributed by atoms with Crippen LogP contribution in [0, 0.1) is 0 Å². The number of nitrogens with one attached hydrogen (secondary N) is 2. The first-order valence-electron chi connectivity index (χ1n) is 9.49. The molecule has 11 heteroatoms. The quantitative estimate of drug-likeness (QED) is 0.500. The van der Waals surface area contributed by atoms with Gasteiger partial charge in [-0.1, -0.05) is 39.1 Å². The van der Waals surface area contributed by atoms with Crippen molar-refractivity contribution in [2.75, 3.05) is 7.11 Å². The van der Waals surface area contributed by atoms with Crippen molar-refractivity contribution in [3.8, 4) is 17.2 Å². The van der Waals surface area contributed by atoms with Crippen LogP contribution >= 0.6 is 39.1 Å². The van der Waals surface area contributed by atoms with Gasteiger partial charge in [-0.25, -0.2) is 8.42 Å². The molecule has 0 unspecified atom stereocenters. The van der Waals surface area contributed by atoms with Gasteiger partial charge in [0.1, 0.15) is 21.9 Å². The summed E-state index contributed by atoms with van der Waals surface area (Å²) in [5.74, 6) is 0.208. The molecule has 2 aliphatic carbocycles. The molecule has 0 spiro atoms. The summed E-state index contributed by atoms with van der Waals surface area (Å²) in [5, 5.41) is 3.38. The molecule has 0 bridgehead atoms. The van der Waals surface area contributed by atoms with E-state index in [4.69, 9.17) is 32.7 Å². The summed E-state index contributed by atoms with van der Waals surface area (Å²) in [7, 11) is -2.72. The Hall–Kier alpha value is -1.52. The Bertz CT molecular complexity index is 1130. The Morgan fingerprint density at radius 2 is 1.81 bits per heavy atom. The molecule has 2 aromatic carbocycles. The minimum atomic E-state index is -4.09. The number of sulfonamides is 1. The highest BCUT2D eigenvalue weighted by Gasteiger charge is 2.54. The second kappa shape index (κ2) is 8.44. The molecule has 0 heterocycles. The molecule has 2 aromatic rings. The zero-order valence-electron chi connectivity index (χ0n) is 16.4. The van der Waals surface area contributed by atoms with Crippen LogP contribution in [-0.4, -0.2) is 33.0 Å². The van der Waals surface area contributed by atoms with Crippen LogP contribution in [0.1, 0.15) is 25.7 Å². The van der Waals surface area contributed by atoms with E-state index in [1.54, 1.807) is 18.2 Å². The molecular formula is C20H19BrCl2N2O5S. The standard InChI is InChI=1S/C20H19BrCl2N2O5S/c1-29-16-5-4-13(30-18-14(22)8-11(21)9-15(18)23)10-17(16)31(27,28)25-20(6-7-20)19(26)24-12-2-3-12/h4-5,8-10,12,25H,2-3,6-7H2,1H3,(H,24,26). The number of hydrogen-bond donors (Lipinski definition) is 2. The van der Waals surface area contributed by atoms with Gasteiger partial charge in [0, 0.05) is 16.6 Å². The smallest absolute Gasteiger partial charge is 0.245 e. The van der Waals surface area contributed by atoms with Crippen molar-refractivity contribution in [2.24, 2.45) is 0 Å². The highest BCUT2D eigenvalue weighted by molar-refractivity contribution is 9.10. The van der Waals surface area contributed by atoms with Crippen molar-refractivity contribution in [3.63, 3.8) is 0 Å². The number of methoxy groups -OCH3 is 1. The van der Waals surface area contributed by atoms with Gasteiger partial charge in [-0.15, -0.1) is 0 Å². The normalized spacial score (nSPS) is 17.2. The first-order chi connectivity index (χ1) is 14.6. The monoisotopic (exact) mass is 548 g/mol. The summed E-state index contributed by atoms with van der Waals surface area (Å²) in [5.41, 5.74) is -1.12. The van der Waals surface area contributed by atoms with Crippen molar-refractivity contribution in [1.29, 1.82) is 0 Å². The fourth-order valence-corrected chi connectivity index (χ4v) is 5.93. The van der Waals surface area contributed by atoms with Crippen LogP contribution in [0.2, 0.25) is 10.0 Å². The zero-order valence-corrected chi connectivity index (χ0v) is 20.3. The van der Waals surface area contributed by atoms with Crippen molar-refractivity contribution in [3.05, 3.63) is 44.8 Å². The summed E-state index contributed by atoms with van der Waals surface area (Å²) in [6, 6.07) is 7.68. The number of ether oxygens (including phenoxy) is 2. The Morgan fingerprint density at radius 1 is 1.16 bits per heavy atom. The average Bonchev–Trinajstić information content (AvgIpc) is 3.62. The summed E-state index contributed by atoms with van der Waals surface area (Å²) < 4.78 is 40.6. The zero-order chi connectivity index (χ0) is 22.4. The average molecular weight is 550 g/mol. The van der Waals surface area contributed by atoms with Gasteiger partial charge in [-0.3, -0.25) is 4.79 Å². The summed E-state index contributed by atoms with van der Waals surface area (Å²) >= 11 is 15.7. The van der Waals surface area contributed by atoms with Crippen LogP contribution in [0.5, 0.6) is 17.2 Å². The van der Waals surface area contributed by atoms with Gasteiger partial charge < -0.3 is 14.8 Å². The minimum Gasteiger partial charge on any atom is -0.495 e. The minimum absolute atomic E-state index is 0.117. The van der Waals surface area contributed by atoms with E-state index in [0.29, 0.717) is 17.3 Å². The summed E-state index contributed by atoms with van der Waals surface area (Å²) in [6.07, 6.45) is 2.71. The molecule has 1 amide bonds. The van der Waals surface area contributed by atoms with E-state index in [-0.39, 0.29) is 44.1 Å². The van der Waals surface area contributed by atoms with E-state index in [2.05, 4.69) is 26.0 Å². The third-order valence-corrected chi connectivity index (χ3v) is 7.61. The largest absolute Gasteiger partial charge is 0.495 e. The van der Waals surface area contributed by atoms with Crippen molar-refractivity contribution in [1.82, 2.24) is 10.0 Å². The van der Waals surface area contributed by atoms with Crippen molar-refractivity contribution in [2.45, 2.75) is 42.2 Å². The van der Waals surface area contributed by atoms with E-state index < -0.39 is 15.6 Å². The number of rotatable bonds is 8. The summed E-state index contributed by atoms with van der Waals surface area (Å²) in [4.78, 5) is 12.4. The number of benzene rings is 2. The lowest BCUT2D eigenvalue weighted by Gasteiger charge is -2.19. The molecule has 0 aromatic heterocycles. The maximum Gasteiger partial charge on any atom is 0.245 e. The molecule has 0 atom stereocenters. The molecule has 2 aliphatic rings. The summed E-state index contributed by atoms with van der Waals surface area (Å²) in [6.45, 7) is 0. The van der Waals surface area contributed by atoms with Gasteiger partial charge in [0.05, 0.1) is 17.2 Å². The second-order valence-electron chi connectivity index (χ2n) is 7.55. The lowest BCUT2D eigenvalue weighted by atomic mass is 10.3. The highest BCUT2D eigenvalue weighted by atomic mass is 79.9. The fraction of sp³-hybridized carbons (Fsp3) is 0.350. The van der Waals surface area contributed by atoms with E-state index in [1.807, 2.05) is 0 Å². The van der Waals surface area contributed by atoms with Crippen LogP contribution in [0.25, 0.3) is 0 Å². The highest BCUT2D eigenvalue weighted by Crippen LogP contribution is 2.42. The van der Waals surface area contributed by atoms with Crippen LogP contribution in [0.15, 0.2) is 39.7 Å². The van der Waals surface area contributed by atoms with Crippen molar-refractivity contribution >= 4 is 55.1 Å². The van der Waals surface area contributed by atoms with Crippen LogP contribution in [0.4, 0.5) is 0 Å². The van der Waals surface area contributed by atoms with Gasteiger partial charge in [0.25, 0.3) is 0 Å². The third kappa shape index (κ3) is 4.96. The third-order valence-electron chi connectivity index (χ3n) is 5.03. The second-order valence-corrected chi connectivity index (χ2v) is 10.9. The molecule has 0 radical (unpaired) electrons. The number of amides is 1. The van der Waals surface area contributed by atoms with Crippen LogP contribution in [0.3, 0.4) is 0 Å². The SMILES string of the molecule is COc1ccc(Oc2c(Cl)cc(Br)cc2Cl)cc1S(=O)(=O)NC1(C(=O)NC2CC2)CC1. The predicted molar refractivity (Wildman–Crippen MR) is 121 cm³/mol. The maximum absolute atomic E-state index is 13.2. The molecular weight excluding hydrogens is 531 g/mol. The fourth-order valence-electron chi connectivity index (χ4n) is 3.04. The van der Waals surface area contributed by atoms with Crippen LogP contribution in [-0.2, 0) is 14.8 Å². The maximum atomic E-state index is 13.2. The predicted octanol–water partition coefficient (Wildman–Crippen LogP) is 4.65. The van der Waals surface area contributed by atoms with Gasteiger partial charge in [-0.05, 0) is 49.9 Å². The molecule has 2 fully saturated rings. The number of carbonyl (C=O) groups is 1. The Balaban J connectivity index is 1.62. The molecule has 166 valence electrons. The first-order valence-corrected chi connectivity index (χ1v) is 12.5. The first kappa shape index (κ1) is 22.7. The molecule has 0 aliphatic heterocycles. The lowest BCUT2D eigenvalue weighted by Crippen LogP contribution is -2.49. The molecule has 4 rings (SSSR count). The van der Waals surface area contributed by atoms with Gasteiger partial charge >= 0.3 is 0 Å². The number of hydrogen-bond acceptors (Lipinski definition) is 5. The van der Waals surface area contributed by atoms with Gasteiger partial charge in [-0.2, -0.15) is 4.72 Å². The van der Waals surface area contributed by atoms with E-state index in [1.165, 1.54) is 19.2 Å². The van der Waals surface area contributed by atoms with Crippen molar-refractivity contribution < 1.29 is 22.7 Å². The molecule has 7 nitrogen and oxygen atoms in total. The van der Waals surface area contributed by atoms with Gasteiger partial charge in [0.2, 0.25) is 15.9 Å². The number of halogens is 3. The van der Waals surface area contributed by atoms with Gasteiger partial charge in [0.15, 0.2) is 5.75 Å². The Labute approximate surface area is 198 Å². The number of carbonyl (C=O) groups excluding carboxylic acids is 1. The Kier molecular flexibility index (Phi) is 6.17. The molecule has 2 saturated carbocycles. The van der Waals surface area contributed by atoms with E-state index in [9.17, 15) is 13.2 Å². The molecule has 0 saturated heterocycles. The Morgan fingerprint density at radius 3 is 2.35 bits per heavy atom.